The first-order valence-electron chi connectivity index (χ1n) is 11.3. The quantitative estimate of drug-likeness (QED) is 0.436. The van der Waals surface area contributed by atoms with E-state index in [4.69, 9.17) is 4.74 Å². The minimum absolute atomic E-state index is 0.0216. The first-order chi connectivity index (χ1) is 16.3. The minimum atomic E-state index is -3.60. The molecule has 0 saturated carbocycles. The van der Waals surface area contributed by atoms with Gasteiger partial charge in [0, 0.05) is 18.2 Å². The number of hydrogen-bond donors (Lipinski definition) is 1. The number of fused-ring (bicyclic) bond motifs is 1. The Morgan fingerprint density at radius 1 is 1.18 bits per heavy atom. The molecule has 1 aromatic carbocycles. The molecule has 11 heteroatoms. The van der Waals surface area contributed by atoms with Crippen LogP contribution in [0.1, 0.15) is 65.1 Å². The van der Waals surface area contributed by atoms with Crippen molar-refractivity contribution >= 4 is 59.2 Å². The summed E-state index contributed by atoms with van der Waals surface area (Å²) in [6.45, 7) is 6.43. The third kappa shape index (κ3) is 4.74. The molecule has 3 aromatic rings. The van der Waals surface area contributed by atoms with E-state index in [1.807, 2.05) is 13.8 Å². The number of nitrogens with one attached hydrogen (secondary N) is 1. The Bertz CT molecular complexity index is 1310. The number of sulfonamides is 1. The van der Waals surface area contributed by atoms with Gasteiger partial charge in [-0.2, -0.15) is 4.31 Å². The van der Waals surface area contributed by atoms with Crippen LogP contribution in [0.3, 0.4) is 0 Å². The van der Waals surface area contributed by atoms with Crippen molar-refractivity contribution < 1.29 is 22.7 Å². The van der Waals surface area contributed by atoms with E-state index in [0.29, 0.717) is 33.6 Å². The van der Waals surface area contributed by atoms with Gasteiger partial charge in [-0.3, -0.25) is 10.1 Å². The maximum absolute atomic E-state index is 13.1. The summed E-state index contributed by atoms with van der Waals surface area (Å²) in [6.07, 6.45) is 3.57. The summed E-state index contributed by atoms with van der Waals surface area (Å²) >= 11 is 2.53. The normalized spacial score (nSPS) is 17.1. The van der Waals surface area contributed by atoms with Crippen molar-refractivity contribution in [2.24, 2.45) is 0 Å². The molecule has 34 heavy (non-hydrogen) atoms. The van der Waals surface area contributed by atoms with Gasteiger partial charge in [0.2, 0.25) is 10.0 Å². The van der Waals surface area contributed by atoms with Crippen LogP contribution in [-0.4, -0.2) is 48.8 Å². The number of ether oxygens (including phenoxy) is 1. The van der Waals surface area contributed by atoms with Gasteiger partial charge in [0.05, 0.1) is 16.2 Å². The van der Waals surface area contributed by atoms with Crippen molar-refractivity contribution in [1.82, 2.24) is 9.29 Å². The number of thiazole rings is 1. The van der Waals surface area contributed by atoms with Gasteiger partial charge in [-0.1, -0.05) is 24.7 Å². The molecular formula is C23H27N3O5S3. The number of hydrogen-bond acceptors (Lipinski definition) is 8. The zero-order chi connectivity index (χ0) is 24.5. The summed E-state index contributed by atoms with van der Waals surface area (Å²) in [5.41, 5.74) is 1.13. The van der Waals surface area contributed by atoms with Gasteiger partial charge < -0.3 is 4.74 Å². The first-order valence-corrected chi connectivity index (χ1v) is 14.3. The van der Waals surface area contributed by atoms with E-state index in [1.54, 1.807) is 11.2 Å². The summed E-state index contributed by atoms with van der Waals surface area (Å²) in [5.74, 6) is -0.747. The fourth-order valence-electron chi connectivity index (χ4n) is 4.11. The van der Waals surface area contributed by atoms with Gasteiger partial charge >= 0.3 is 5.97 Å². The van der Waals surface area contributed by atoms with E-state index in [1.165, 1.54) is 46.9 Å². The lowest BCUT2D eigenvalue weighted by atomic mass is 10.0. The van der Waals surface area contributed by atoms with Crippen LogP contribution in [0.4, 0.5) is 5.13 Å². The second-order valence-corrected chi connectivity index (χ2v) is 12.0. The van der Waals surface area contributed by atoms with Crippen LogP contribution >= 0.6 is 22.7 Å². The number of rotatable bonds is 7. The van der Waals surface area contributed by atoms with Crippen molar-refractivity contribution in [3.63, 3.8) is 0 Å². The summed E-state index contributed by atoms with van der Waals surface area (Å²) in [4.78, 5) is 30.6. The molecule has 1 amide bonds. The second kappa shape index (κ2) is 10.1. The molecule has 8 nitrogen and oxygen atoms in total. The summed E-state index contributed by atoms with van der Waals surface area (Å²) in [6, 6.07) is 6.04. The Morgan fingerprint density at radius 2 is 1.91 bits per heavy atom. The topological polar surface area (TPSA) is 106 Å². The standard InChI is InChI=1S/C23H27N3O5S3/c1-4-16-8-6-7-13-26(16)34(29,30)17-11-9-15(10-12-17)20(27)24-23-25-21-18(33-23)14(3)19(32-21)22(28)31-5-2/h9-12,16H,4-8,13H2,1-3H3,(H,24,25,27). The number of carbonyl (C=O) groups excluding carboxylic acids is 2. The Hall–Kier alpha value is -2.34. The lowest BCUT2D eigenvalue weighted by Crippen LogP contribution is -2.43. The van der Waals surface area contributed by atoms with Gasteiger partial charge in [-0.15, -0.1) is 11.3 Å². The number of amides is 1. The highest BCUT2D eigenvalue weighted by Crippen LogP contribution is 2.37. The predicted octanol–water partition coefficient (Wildman–Crippen LogP) is 5.05. The third-order valence-electron chi connectivity index (χ3n) is 5.92. The lowest BCUT2D eigenvalue weighted by Gasteiger charge is -2.34. The lowest BCUT2D eigenvalue weighted by molar-refractivity contribution is 0.0531. The van der Waals surface area contributed by atoms with Crippen LogP contribution in [-0.2, 0) is 14.8 Å². The van der Waals surface area contributed by atoms with E-state index in [0.717, 1.165) is 35.9 Å². The summed E-state index contributed by atoms with van der Waals surface area (Å²) in [5, 5.41) is 3.19. The number of aryl methyl sites for hydroxylation is 1. The SMILES string of the molecule is CCOC(=O)c1sc2nc(NC(=O)c3ccc(S(=O)(=O)N4CCCCC4CC)cc3)sc2c1C. The van der Waals surface area contributed by atoms with E-state index in [9.17, 15) is 18.0 Å². The highest BCUT2D eigenvalue weighted by atomic mass is 32.2. The zero-order valence-corrected chi connectivity index (χ0v) is 21.7. The van der Waals surface area contributed by atoms with E-state index in [2.05, 4.69) is 10.3 Å². The molecule has 0 aliphatic carbocycles. The molecule has 182 valence electrons. The van der Waals surface area contributed by atoms with Gasteiger partial charge in [0.25, 0.3) is 5.91 Å². The summed E-state index contributed by atoms with van der Waals surface area (Å²) < 4.78 is 33.8. The number of nitrogens with zero attached hydrogens (tertiary/aromatic N) is 2. The molecule has 4 rings (SSSR count). The van der Waals surface area contributed by atoms with Crippen LogP contribution in [0.25, 0.3) is 9.53 Å². The Balaban J connectivity index is 1.49. The van der Waals surface area contributed by atoms with Crippen LogP contribution in [0.2, 0.25) is 0 Å². The number of aromatic nitrogens is 1. The fraction of sp³-hybridized carbons (Fsp3) is 0.435. The van der Waals surface area contributed by atoms with Gasteiger partial charge in [-0.25, -0.2) is 18.2 Å². The monoisotopic (exact) mass is 521 g/mol. The maximum Gasteiger partial charge on any atom is 0.348 e. The van der Waals surface area contributed by atoms with Crippen molar-refractivity contribution in [3.8, 4) is 0 Å². The van der Waals surface area contributed by atoms with Crippen LogP contribution in [0, 0.1) is 6.92 Å². The third-order valence-corrected chi connectivity index (χ3v) is 10.3. The molecule has 0 spiro atoms. The fourth-order valence-corrected chi connectivity index (χ4v) is 8.09. The molecule has 0 bridgehead atoms. The number of carbonyl (C=O) groups is 2. The van der Waals surface area contributed by atoms with E-state index in [-0.39, 0.29) is 22.8 Å². The Kier molecular flexibility index (Phi) is 7.36. The van der Waals surface area contributed by atoms with E-state index >= 15 is 0 Å². The molecule has 0 radical (unpaired) electrons. The molecule has 1 atom stereocenters. The highest BCUT2D eigenvalue weighted by Gasteiger charge is 2.32. The van der Waals surface area contributed by atoms with Crippen molar-refractivity contribution in [2.75, 3.05) is 18.5 Å². The van der Waals surface area contributed by atoms with Gasteiger partial charge in [0.1, 0.15) is 9.71 Å². The van der Waals surface area contributed by atoms with Crippen molar-refractivity contribution in [2.45, 2.75) is 57.4 Å². The molecule has 1 fully saturated rings. The largest absolute Gasteiger partial charge is 0.462 e. The number of anilines is 1. The number of thiophene rings is 1. The Labute approximate surface area is 207 Å². The van der Waals surface area contributed by atoms with Crippen LogP contribution < -0.4 is 5.32 Å². The number of benzene rings is 1. The molecule has 1 N–H and O–H groups in total. The smallest absolute Gasteiger partial charge is 0.348 e. The second-order valence-electron chi connectivity index (χ2n) is 8.08. The molecule has 1 aliphatic rings. The van der Waals surface area contributed by atoms with Gasteiger partial charge in [-0.05, 0) is 62.9 Å². The molecule has 2 aromatic heterocycles. The molecule has 1 saturated heterocycles. The van der Waals surface area contributed by atoms with Gasteiger partial charge in [0.15, 0.2) is 5.13 Å². The van der Waals surface area contributed by atoms with Crippen molar-refractivity contribution in [1.29, 1.82) is 0 Å². The van der Waals surface area contributed by atoms with Crippen LogP contribution in [0.15, 0.2) is 29.2 Å². The highest BCUT2D eigenvalue weighted by molar-refractivity contribution is 7.89. The summed E-state index contributed by atoms with van der Waals surface area (Å²) in [7, 11) is -3.60. The predicted molar refractivity (Wildman–Crippen MR) is 134 cm³/mol. The van der Waals surface area contributed by atoms with Crippen molar-refractivity contribution in [3.05, 3.63) is 40.3 Å². The van der Waals surface area contributed by atoms with E-state index < -0.39 is 10.0 Å². The zero-order valence-electron chi connectivity index (χ0n) is 19.3. The Morgan fingerprint density at radius 3 is 2.56 bits per heavy atom. The average Bonchev–Trinajstić information content (AvgIpc) is 3.37. The first kappa shape index (κ1) is 24.8. The van der Waals surface area contributed by atoms with Crippen LogP contribution in [0.5, 0.6) is 0 Å². The molecule has 3 heterocycles. The molecule has 1 aliphatic heterocycles. The number of piperidine rings is 1. The minimum Gasteiger partial charge on any atom is -0.462 e. The maximum atomic E-state index is 13.1. The molecular weight excluding hydrogens is 494 g/mol. The molecule has 1 unspecified atom stereocenters. The number of esters is 1. The average molecular weight is 522 g/mol.